The lowest BCUT2D eigenvalue weighted by Gasteiger charge is -2.25. The van der Waals surface area contributed by atoms with Gasteiger partial charge in [-0.25, -0.2) is 9.18 Å². The van der Waals surface area contributed by atoms with Gasteiger partial charge in [0.2, 0.25) is 0 Å². The van der Waals surface area contributed by atoms with Gasteiger partial charge in [-0.05, 0) is 44.5 Å². The highest BCUT2D eigenvalue weighted by Gasteiger charge is 2.40. The number of carbonyl (C=O) groups is 1. The Morgan fingerprint density at radius 3 is 2.67 bits per heavy atom. The van der Waals surface area contributed by atoms with Gasteiger partial charge in [-0.2, -0.15) is 0 Å². The number of rotatable bonds is 4. The zero-order chi connectivity index (χ0) is 13.8. The number of likely N-dealkylation sites (tertiary alicyclic amines) is 1. The van der Waals surface area contributed by atoms with E-state index in [1.807, 2.05) is 20.8 Å². The van der Waals surface area contributed by atoms with Crippen LogP contribution in [-0.2, 0) is 4.74 Å². The zero-order valence-corrected chi connectivity index (χ0v) is 13.6. The lowest BCUT2D eigenvalue weighted by Crippen LogP contribution is -2.37. The van der Waals surface area contributed by atoms with Crippen molar-refractivity contribution in [1.82, 2.24) is 4.90 Å². The number of ether oxygens (including phenoxy) is 1. The topological polar surface area (TPSA) is 29.5 Å². The van der Waals surface area contributed by atoms with Crippen LogP contribution in [0, 0.1) is 0 Å². The minimum absolute atomic E-state index is 0.184. The van der Waals surface area contributed by atoms with Crippen molar-refractivity contribution < 1.29 is 13.9 Å². The van der Waals surface area contributed by atoms with Crippen LogP contribution in [-0.4, -0.2) is 39.8 Å². The summed E-state index contributed by atoms with van der Waals surface area (Å²) in [5.74, 6) is 0. The molecule has 0 bridgehead atoms. The maximum Gasteiger partial charge on any atom is 0.410 e. The summed E-state index contributed by atoms with van der Waals surface area (Å²) in [7, 11) is 0. The van der Waals surface area contributed by atoms with Gasteiger partial charge in [-0.1, -0.05) is 22.6 Å². The van der Waals surface area contributed by atoms with E-state index in [2.05, 4.69) is 22.6 Å². The molecule has 106 valence electrons. The van der Waals surface area contributed by atoms with E-state index in [-0.39, 0.29) is 6.54 Å². The van der Waals surface area contributed by atoms with E-state index in [4.69, 9.17) is 4.74 Å². The molecule has 1 heterocycles. The standard InChI is InChI=1S/C13H23FINO2/c1-12(2,3)18-11(17)16-9-7-13(14,10-16)6-4-5-8-15/h4-10H2,1-3H3. The lowest BCUT2D eigenvalue weighted by atomic mass is 9.98. The summed E-state index contributed by atoms with van der Waals surface area (Å²) in [5, 5.41) is 0. The molecule has 1 fully saturated rings. The second kappa shape index (κ2) is 6.39. The van der Waals surface area contributed by atoms with Crippen molar-refractivity contribution in [3.8, 4) is 0 Å². The van der Waals surface area contributed by atoms with Gasteiger partial charge in [0.1, 0.15) is 11.3 Å². The number of carbonyl (C=O) groups excluding carboxylic acids is 1. The van der Waals surface area contributed by atoms with Gasteiger partial charge in [0.25, 0.3) is 0 Å². The molecule has 0 aromatic rings. The largest absolute Gasteiger partial charge is 0.444 e. The Bertz CT molecular complexity index is 293. The van der Waals surface area contributed by atoms with E-state index < -0.39 is 17.4 Å². The number of hydrogen-bond acceptors (Lipinski definition) is 2. The molecule has 0 saturated carbocycles. The average Bonchev–Trinajstić information content (AvgIpc) is 2.59. The monoisotopic (exact) mass is 371 g/mol. The first kappa shape index (κ1) is 16.0. The van der Waals surface area contributed by atoms with Crippen molar-refractivity contribution in [1.29, 1.82) is 0 Å². The van der Waals surface area contributed by atoms with E-state index >= 15 is 0 Å². The van der Waals surface area contributed by atoms with Crippen LogP contribution in [0.15, 0.2) is 0 Å². The molecule has 1 atom stereocenters. The molecule has 1 aliphatic heterocycles. The lowest BCUT2D eigenvalue weighted by molar-refractivity contribution is 0.0254. The molecule has 0 aromatic heterocycles. The Kier molecular flexibility index (Phi) is 5.67. The number of halogens is 2. The first-order valence-corrected chi connectivity index (χ1v) is 8.01. The highest BCUT2D eigenvalue weighted by Crippen LogP contribution is 2.31. The van der Waals surface area contributed by atoms with Crippen LogP contribution in [0.2, 0.25) is 0 Å². The molecule has 0 radical (unpaired) electrons. The zero-order valence-electron chi connectivity index (χ0n) is 11.5. The van der Waals surface area contributed by atoms with Crippen molar-refractivity contribution in [3.05, 3.63) is 0 Å². The highest BCUT2D eigenvalue weighted by molar-refractivity contribution is 14.1. The van der Waals surface area contributed by atoms with Gasteiger partial charge in [0.05, 0.1) is 6.54 Å². The summed E-state index contributed by atoms with van der Waals surface area (Å²) < 4.78 is 20.7. The van der Waals surface area contributed by atoms with Crippen molar-refractivity contribution in [3.63, 3.8) is 0 Å². The van der Waals surface area contributed by atoms with Crippen LogP contribution in [0.4, 0.5) is 9.18 Å². The van der Waals surface area contributed by atoms with Crippen molar-refractivity contribution in [2.75, 3.05) is 17.5 Å². The van der Waals surface area contributed by atoms with E-state index in [1.54, 1.807) is 0 Å². The molecular formula is C13H23FINO2. The number of hydrogen-bond donors (Lipinski definition) is 0. The van der Waals surface area contributed by atoms with Crippen LogP contribution in [0.1, 0.15) is 46.5 Å². The smallest absolute Gasteiger partial charge is 0.410 e. The summed E-state index contributed by atoms with van der Waals surface area (Å²) in [6.45, 7) is 6.12. The normalized spacial score (nSPS) is 24.4. The third-order valence-corrected chi connectivity index (χ3v) is 3.73. The van der Waals surface area contributed by atoms with Gasteiger partial charge < -0.3 is 9.64 Å². The minimum Gasteiger partial charge on any atom is -0.444 e. The molecule has 0 aromatic carbocycles. The van der Waals surface area contributed by atoms with Crippen LogP contribution >= 0.6 is 22.6 Å². The summed E-state index contributed by atoms with van der Waals surface area (Å²) in [6, 6.07) is 0. The first-order chi connectivity index (χ1) is 8.26. The Labute approximate surface area is 123 Å². The molecule has 1 unspecified atom stereocenters. The quantitative estimate of drug-likeness (QED) is 0.426. The molecule has 1 saturated heterocycles. The van der Waals surface area contributed by atoms with Crippen LogP contribution < -0.4 is 0 Å². The SMILES string of the molecule is CC(C)(C)OC(=O)N1CCC(F)(CCCCI)C1. The van der Waals surface area contributed by atoms with Gasteiger partial charge in [-0.3, -0.25) is 0 Å². The molecule has 1 aliphatic rings. The van der Waals surface area contributed by atoms with E-state index in [9.17, 15) is 9.18 Å². The average molecular weight is 371 g/mol. The number of alkyl halides is 2. The second-order valence-electron chi connectivity index (χ2n) is 5.95. The summed E-state index contributed by atoms with van der Waals surface area (Å²) in [5.41, 5.74) is -1.72. The Hall–Kier alpha value is -0.0700. The molecule has 1 amide bonds. The summed E-state index contributed by atoms with van der Waals surface area (Å²) in [6.07, 6.45) is 2.53. The van der Waals surface area contributed by atoms with Gasteiger partial charge in [0, 0.05) is 13.0 Å². The first-order valence-electron chi connectivity index (χ1n) is 6.49. The predicted octanol–water partition coefficient (Wildman–Crippen LogP) is 3.94. The predicted molar refractivity (Wildman–Crippen MR) is 79.0 cm³/mol. The van der Waals surface area contributed by atoms with Crippen LogP contribution in [0.3, 0.4) is 0 Å². The van der Waals surface area contributed by atoms with Gasteiger partial charge in [-0.15, -0.1) is 0 Å². The van der Waals surface area contributed by atoms with E-state index in [0.29, 0.717) is 19.4 Å². The Morgan fingerprint density at radius 2 is 2.11 bits per heavy atom. The molecular weight excluding hydrogens is 348 g/mol. The molecule has 0 N–H and O–H groups in total. The number of amides is 1. The maximum atomic E-state index is 14.4. The molecule has 0 aliphatic carbocycles. The molecule has 0 spiro atoms. The maximum absolute atomic E-state index is 14.4. The molecule has 18 heavy (non-hydrogen) atoms. The number of nitrogens with zero attached hydrogens (tertiary/aromatic N) is 1. The molecule has 5 heteroatoms. The third-order valence-electron chi connectivity index (χ3n) is 2.96. The molecule has 1 rings (SSSR count). The fraction of sp³-hybridized carbons (Fsp3) is 0.923. The van der Waals surface area contributed by atoms with Crippen molar-refractivity contribution in [2.24, 2.45) is 0 Å². The minimum atomic E-state index is -1.21. The summed E-state index contributed by atoms with van der Waals surface area (Å²) >= 11 is 2.30. The van der Waals surface area contributed by atoms with Crippen molar-refractivity contribution in [2.45, 2.75) is 57.7 Å². The van der Waals surface area contributed by atoms with E-state index in [0.717, 1.165) is 17.3 Å². The Morgan fingerprint density at radius 1 is 1.44 bits per heavy atom. The second-order valence-corrected chi connectivity index (χ2v) is 7.03. The fourth-order valence-corrected chi connectivity index (χ4v) is 2.60. The van der Waals surface area contributed by atoms with Crippen LogP contribution in [0.25, 0.3) is 0 Å². The van der Waals surface area contributed by atoms with Gasteiger partial charge in [0.15, 0.2) is 0 Å². The number of unbranched alkanes of at least 4 members (excludes halogenated alkanes) is 1. The molecule has 3 nitrogen and oxygen atoms in total. The highest BCUT2D eigenvalue weighted by atomic mass is 127. The third kappa shape index (κ3) is 5.28. The van der Waals surface area contributed by atoms with E-state index in [1.165, 1.54) is 4.90 Å². The summed E-state index contributed by atoms with van der Waals surface area (Å²) in [4.78, 5) is 13.3. The van der Waals surface area contributed by atoms with Crippen LogP contribution in [0.5, 0.6) is 0 Å². The van der Waals surface area contributed by atoms with Crippen molar-refractivity contribution >= 4 is 28.7 Å². The fourth-order valence-electron chi connectivity index (χ4n) is 2.06. The van der Waals surface area contributed by atoms with Gasteiger partial charge >= 0.3 is 6.09 Å². The Balaban J connectivity index is 2.42.